The second-order valence-electron chi connectivity index (χ2n) is 3.58. The maximum Gasteiger partial charge on any atom is 1.00 e. The van der Waals surface area contributed by atoms with Crippen LogP contribution in [-0.2, 0) is 4.79 Å². The molecule has 1 rings (SSSR count). The second-order valence-corrected chi connectivity index (χ2v) is 3.58. The quantitative estimate of drug-likeness (QED) is 0.270. The molecule has 0 spiro atoms. The Kier molecular flexibility index (Phi) is 12.0. The first-order valence-corrected chi connectivity index (χ1v) is 5.36. The van der Waals surface area contributed by atoms with Gasteiger partial charge in [0, 0.05) is 13.1 Å². The van der Waals surface area contributed by atoms with Crippen LogP contribution in [0.1, 0.15) is 20.3 Å². The van der Waals surface area contributed by atoms with Crippen molar-refractivity contribution in [3.63, 3.8) is 0 Å². The van der Waals surface area contributed by atoms with Crippen LogP contribution in [-0.4, -0.2) is 37.0 Å². The molecular formula is C13H19FLiNO-2. The van der Waals surface area contributed by atoms with E-state index >= 15 is 0 Å². The minimum atomic E-state index is -0.670. The maximum absolute atomic E-state index is 12.4. The summed E-state index contributed by atoms with van der Waals surface area (Å²) < 4.78 is 12.4. The van der Waals surface area contributed by atoms with Gasteiger partial charge in [-0.15, -0.1) is 6.92 Å². The van der Waals surface area contributed by atoms with Crippen molar-refractivity contribution < 1.29 is 28.0 Å². The third-order valence-electron chi connectivity index (χ3n) is 2.39. The minimum absolute atomic E-state index is 0. The summed E-state index contributed by atoms with van der Waals surface area (Å²) in [7, 11) is 0. The molecule has 17 heavy (non-hydrogen) atoms. The Morgan fingerprint density at radius 1 is 1.59 bits per heavy atom. The van der Waals surface area contributed by atoms with Gasteiger partial charge in [-0.2, -0.15) is 13.0 Å². The Hall–Kier alpha value is -0.363. The first-order chi connectivity index (χ1) is 7.63. The fourth-order valence-electron chi connectivity index (χ4n) is 1.35. The number of carbonyl (C=O) groups excluding carboxylic acids is 1. The van der Waals surface area contributed by atoms with Gasteiger partial charge in [0.2, 0.25) is 0 Å². The topological polar surface area (TPSA) is 20.3 Å². The number of halogens is 1. The maximum atomic E-state index is 12.4. The van der Waals surface area contributed by atoms with E-state index in [9.17, 15) is 9.18 Å². The van der Waals surface area contributed by atoms with E-state index in [2.05, 4.69) is 6.92 Å². The first kappa shape index (κ1) is 19.0. The predicted molar refractivity (Wildman–Crippen MR) is 64.2 cm³/mol. The van der Waals surface area contributed by atoms with Crippen LogP contribution < -0.4 is 18.9 Å². The number of likely N-dealkylation sites (tertiary alicyclic amines) is 1. The van der Waals surface area contributed by atoms with Crippen molar-refractivity contribution >= 4 is 6.29 Å². The van der Waals surface area contributed by atoms with Crippen LogP contribution in [0.2, 0.25) is 0 Å². The van der Waals surface area contributed by atoms with Crippen molar-refractivity contribution in [2.75, 3.05) is 19.6 Å². The smallest absolute Gasteiger partial charge is 0.419 e. The summed E-state index contributed by atoms with van der Waals surface area (Å²) in [5.74, 6) is 0. The molecule has 0 aromatic carbocycles. The molecule has 1 aliphatic rings. The molecule has 0 aromatic rings. The molecule has 0 aliphatic carbocycles. The summed E-state index contributed by atoms with van der Waals surface area (Å²) in [6.07, 6.45) is 3.01. The first-order valence-electron chi connectivity index (χ1n) is 5.36. The minimum Gasteiger partial charge on any atom is -0.419 e. The fraction of sp³-hybridized carbons (Fsp3) is 0.538. The van der Waals surface area contributed by atoms with Gasteiger partial charge in [-0.3, -0.25) is 11.5 Å². The molecule has 0 N–H and O–H groups in total. The van der Waals surface area contributed by atoms with Crippen LogP contribution in [0.3, 0.4) is 0 Å². The van der Waals surface area contributed by atoms with Crippen molar-refractivity contribution in [1.29, 1.82) is 0 Å². The molecule has 1 heterocycles. The normalized spacial score (nSPS) is 16.1. The Bertz CT molecular complexity index is 260. The number of rotatable bonds is 5. The predicted octanol–water partition coefficient (Wildman–Crippen LogP) is -0.710. The van der Waals surface area contributed by atoms with E-state index in [4.69, 9.17) is 6.58 Å². The van der Waals surface area contributed by atoms with E-state index in [1.807, 2.05) is 4.90 Å². The second kappa shape index (κ2) is 10.8. The molecular weight excluding hydrogens is 212 g/mol. The molecule has 0 saturated carbocycles. The number of alkyl halides is 1. The summed E-state index contributed by atoms with van der Waals surface area (Å²) in [5.41, 5.74) is 1.42. The van der Waals surface area contributed by atoms with Gasteiger partial charge in [-0.25, -0.2) is 15.5 Å². The van der Waals surface area contributed by atoms with Crippen molar-refractivity contribution in [2.45, 2.75) is 26.4 Å². The summed E-state index contributed by atoms with van der Waals surface area (Å²) in [6, 6.07) is 0. The Morgan fingerprint density at radius 2 is 2.12 bits per heavy atom. The van der Waals surface area contributed by atoms with Gasteiger partial charge < -0.3 is 11.7 Å². The van der Waals surface area contributed by atoms with Crippen LogP contribution in [0.25, 0.3) is 0 Å². The molecule has 0 aromatic heterocycles. The molecule has 92 valence electrons. The van der Waals surface area contributed by atoms with Gasteiger partial charge in [-0.05, 0) is 19.3 Å². The van der Waals surface area contributed by atoms with Crippen molar-refractivity contribution in [3.8, 4) is 0 Å². The average molecular weight is 231 g/mol. The third-order valence-corrected chi connectivity index (χ3v) is 2.39. The molecule has 0 radical (unpaired) electrons. The van der Waals surface area contributed by atoms with Gasteiger partial charge in [0.15, 0.2) is 0 Å². The van der Waals surface area contributed by atoms with Gasteiger partial charge in [0.05, 0.1) is 0 Å². The molecule has 0 atom stereocenters. The zero-order valence-electron chi connectivity index (χ0n) is 11.0. The summed E-state index contributed by atoms with van der Waals surface area (Å²) in [6.45, 7) is 14.3. The Balaban J connectivity index is 0. The summed E-state index contributed by atoms with van der Waals surface area (Å²) >= 11 is 0. The Labute approximate surface area is 116 Å². The van der Waals surface area contributed by atoms with E-state index in [0.29, 0.717) is 25.1 Å². The third kappa shape index (κ3) is 7.54. The molecule has 0 amide bonds. The van der Waals surface area contributed by atoms with Crippen LogP contribution >= 0.6 is 0 Å². The molecule has 2 nitrogen and oxygen atoms in total. The zero-order chi connectivity index (χ0) is 12.6. The number of allylic oxidation sites excluding steroid dienone is 2. The fourth-order valence-corrected chi connectivity index (χ4v) is 1.35. The molecule has 1 fully saturated rings. The number of hydrogen-bond acceptors (Lipinski definition) is 2. The average Bonchev–Trinajstić information content (AvgIpc) is 2.25. The van der Waals surface area contributed by atoms with Crippen molar-refractivity contribution in [3.05, 3.63) is 30.7 Å². The van der Waals surface area contributed by atoms with E-state index in [1.165, 1.54) is 6.08 Å². The number of nitrogens with zero attached hydrogens (tertiary/aromatic N) is 1. The summed E-state index contributed by atoms with van der Waals surface area (Å²) in [5, 5.41) is 0. The molecule has 0 unspecified atom stereocenters. The Morgan fingerprint density at radius 3 is 2.53 bits per heavy atom. The largest absolute Gasteiger partial charge is 1.00 e. The van der Waals surface area contributed by atoms with Crippen molar-refractivity contribution in [1.82, 2.24) is 4.90 Å². The monoisotopic (exact) mass is 231 g/mol. The molecule has 1 aliphatic heterocycles. The number of hydrogen-bond donors (Lipinski definition) is 0. The van der Waals surface area contributed by atoms with E-state index < -0.39 is 6.17 Å². The van der Waals surface area contributed by atoms with Crippen LogP contribution in [0.5, 0.6) is 0 Å². The van der Waals surface area contributed by atoms with Crippen LogP contribution in [0.4, 0.5) is 4.39 Å². The van der Waals surface area contributed by atoms with Gasteiger partial charge in [0.25, 0.3) is 0 Å². The van der Waals surface area contributed by atoms with E-state index in [-0.39, 0.29) is 18.9 Å². The van der Waals surface area contributed by atoms with E-state index in [0.717, 1.165) is 12.1 Å². The molecule has 0 bridgehead atoms. The zero-order valence-corrected chi connectivity index (χ0v) is 11.0. The van der Waals surface area contributed by atoms with Gasteiger partial charge in [0.1, 0.15) is 6.17 Å². The van der Waals surface area contributed by atoms with Crippen LogP contribution in [0.15, 0.2) is 17.2 Å². The molecule has 1 saturated heterocycles. The summed E-state index contributed by atoms with van der Waals surface area (Å²) in [4.78, 5) is 12.0. The standard InChI is InChI=1S/C11H14FNO.C2H5.Li/c1-9(10(2)4-6-14)3-5-13-7-11(12)8-13;1-2;/h1,4,11H,3,5,7-8H2,2H3;1H2,2H3;/q-2;-1;+1/b10-4-;;. The van der Waals surface area contributed by atoms with E-state index in [1.54, 1.807) is 20.1 Å². The van der Waals surface area contributed by atoms with Gasteiger partial charge in [-0.1, -0.05) is 0 Å². The van der Waals surface area contributed by atoms with Gasteiger partial charge >= 0.3 is 18.9 Å². The van der Waals surface area contributed by atoms with Crippen molar-refractivity contribution in [2.24, 2.45) is 0 Å². The molecule has 4 heteroatoms. The van der Waals surface area contributed by atoms with Crippen LogP contribution in [0, 0.1) is 13.5 Å². The SMILES string of the molecule is [CH-]=C(CCN1CC(F)C1)/C(C)=C\[C-]=O.[CH2-]C.[Li+].